The molecular weight excluding hydrogens is 348 g/mol. The van der Waals surface area contributed by atoms with Crippen LogP contribution < -0.4 is 4.90 Å². The molecule has 1 aliphatic heterocycles. The third kappa shape index (κ3) is 1.92. The molecule has 8 nitrogen and oxygen atoms in total. The fourth-order valence-electron chi connectivity index (χ4n) is 3.13. The largest absolute Gasteiger partial charge is 0.346 e. The molecule has 0 radical (unpaired) electrons. The van der Waals surface area contributed by atoms with Gasteiger partial charge in [0.25, 0.3) is 0 Å². The molecule has 114 valence electrons. The summed E-state index contributed by atoms with van der Waals surface area (Å²) in [5, 5.41) is 13.6. The first-order valence-electron chi connectivity index (χ1n) is 7.10. The highest BCUT2D eigenvalue weighted by molar-refractivity contribution is 9.10. The highest BCUT2D eigenvalue weighted by Crippen LogP contribution is 2.38. The first kappa shape index (κ1) is 13.6. The maximum Gasteiger partial charge on any atom is 0.164 e. The van der Waals surface area contributed by atoms with Gasteiger partial charge < -0.3 is 9.47 Å². The predicted octanol–water partition coefficient (Wildman–Crippen LogP) is 1.60. The van der Waals surface area contributed by atoms with Gasteiger partial charge in [-0.15, -0.1) is 10.2 Å². The van der Waals surface area contributed by atoms with Gasteiger partial charge >= 0.3 is 0 Å². The Kier molecular flexibility index (Phi) is 3.10. The first-order valence-corrected chi connectivity index (χ1v) is 7.90. The molecular formula is C13H15BrN8. The van der Waals surface area contributed by atoms with Crippen LogP contribution >= 0.6 is 15.9 Å². The molecule has 0 saturated carbocycles. The van der Waals surface area contributed by atoms with Crippen LogP contribution in [0.4, 0.5) is 5.82 Å². The Morgan fingerprint density at radius 1 is 1.27 bits per heavy atom. The van der Waals surface area contributed by atoms with Gasteiger partial charge in [-0.3, -0.25) is 0 Å². The number of nitrogens with zero attached hydrogens (tertiary/aromatic N) is 8. The Hall–Kier alpha value is -2.03. The van der Waals surface area contributed by atoms with Crippen molar-refractivity contribution in [2.24, 2.45) is 14.1 Å². The van der Waals surface area contributed by atoms with Crippen molar-refractivity contribution in [3.63, 3.8) is 0 Å². The average molecular weight is 363 g/mol. The van der Waals surface area contributed by atoms with Crippen LogP contribution in [0.25, 0.3) is 11.0 Å². The lowest BCUT2D eigenvalue weighted by atomic mass is 10.2. The fraction of sp³-hybridized carbons (Fsp3) is 0.462. The van der Waals surface area contributed by atoms with Crippen molar-refractivity contribution in [2.75, 3.05) is 11.4 Å². The second-order valence-electron chi connectivity index (χ2n) is 5.46. The van der Waals surface area contributed by atoms with E-state index in [1.807, 2.05) is 18.7 Å². The number of hydrogen-bond donors (Lipinski definition) is 0. The molecule has 3 aromatic heterocycles. The number of rotatable bonds is 2. The van der Waals surface area contributed by atoms with E-state index in [9.17, 15) is 0 Å². The Morgan fingerprint density at radius 2 is 2.14 bits per heavy atom. The molecule has 4 rings (SSSR count). The van der Waals surface area contributed by atoms with E-state index in [-0.39, 0.29) is 6.04 Å². The maximum atomic E-state index is 4.53. The van der Waals surface area contributed by atoms with Gasteiger partial charge in [-0.1, -0.05) is 0 Å². The molecule has 3 aromatic rings. The van der Waals surface area contributed by atoms with E-state index >= 15 is 0 Å². The Bertz CT molecular complexity index is 838. The van der Waals surface area contributed by atoms with Crippen LogP contribution in [0, 0.1) is 0 Å². The predicted molar refractivity (Wildman–Crippen MR) is 84.3 cm³/mol. The van der Waals surface area contributed by atoms with Crippen LogP contribution in [0.15, 0.2) is 17.3 Å². The van der Waals surface area contributed by atoms with Gasteiger partial charge in [0.15, 0.2) is 11.5 Å². The minimum absolute atomic E-state index is 0.178. The monoisotopic (exact) mass is 362 g/mol. The quantitative estimate of drug-likeness (QED) is 0.688. The third-order valence-corrected chi connectivity index (χ3v) is 4.68. The fourth-order valence-corrected chi connectivity index (χ4v) is 3.72. The Labute approximate surface area is 135 Å². The lowest BCUT2D eigenvalue weighted by Gasteiger charge is -2.25. The molecule has 0 spiro atoms. The van der Waals surface area contributed by atoms with Crippen molar-refractivity contribution in [3.8, 4) is 0 Å². The number of hydrogen-bond acceptors (Lipinski definition) is 6. The van der Waals surface area contributed by atoms with E-state index in [1.165, 1.54) is 0 Å². The van der Waals surface area contributed by atoms with Crippen LogP contribution in [0.2, 0.25) is 0 Å². The van der Waals surface area contributed by atoms with Crippen LogP contribution in [0.3, 0.4) is 0 Å². The lowest BCUT2D eigenvalue weighted by molar-refractivity contribution is 0.626. The lowest BCUT2D eigenvalue weighted by Crippen LogP contribution is -2.26. The van der Waals surface area contributed by atoms with Crippen molar-refractivity contribution in [2.45, 2.75) is 18.9 Å². The van der Waals surface area contributed by atoms with E-state index in [1.54, 1.807) is 17.3 Å². The minimum atomic E-state index is 0.178. The standard InChI is InChI=1S/C13H15BrN8/c1-20-7-17-18-11(20)8-4-3-5-22(8)13-9-10(14)19-21(2)12(9)15-6-16-13/h6-8H,3-5H2,1-2H3/t8-/m1/s1. The molecule has 0 bridgehead atoms. The number of halogens is 1. The number of aromatic nitrogens is 7. The van der Waals surface area contributed by atoms with Gasteiger partial charge in [0.05, 0.1) is 11.4 Å². The number of aryl methyl sites for hydroxylation is 2. The van der Waals surface area contributed by atoms with Crippen molar-refractivity contribution in [1.29, 1.82) is 0 Å². The molecule has 0 aliphatic carbocycles. The van der Waals surface area contributed by atoms with Gasteiger partial charge in [-0.25, -0.2) is 14.6 Å². The summed E-state index contributed by atoms with van der Waals surface area (Å²) in [6.45, 7) is 0.935. The molecule has 22 heavy (non-hydrogen) atoms. The van der Waals surface area contributed by atoms with Gasteiger partial charge in [0, 0.05) is 20.6 Å². The molecule has 1 atom stereocenters. The second-order valence-corrected chi connectivity index (χ2v) is 6.21. The highest BCUT2D eigenvalue weighted by Gasteiger charge is 2.32. The summed E-state index contributed by atoms with van der Waals surface area (Å²) < 4.78 is 4.50. The third-order valence-electron chi connectivity index (χ3n) is 4.13. The Balaban J connectivity index is 1.86. The summed E-state index contributed by atoms with van der Waals surface area (Å²) in [4.78, 5) is 11.1. The maximum absolute atomic E-state index is 4.53. The SMILES string of the molecule is Cn1cnnc1[C@H]1CCCN1c1ncnc2c1c(Br)nn2C. The second kappa shape index (κ2) is 5.01. The van der Waals surface area contributed by atoms with Crippen molar-refractivity contribution in [3.05, 3.63) is 23.1 Å². The van der Waals surface area contributed by atoms with E-state index in [4.69, 9.17) is 0 Å². The Morgan fingerprint density at radius 3 is 2.91 bits per heavy atom. The topological polar surface area (TPSA) is 77.6 Å². The molecule has 9 heteroatoms. The zero-order chi connectivity index (χ0) is 15.3. The van der Waals surface area contributed by atoms with E-state index in [0.717, 1.165) is 46.7 Å². The van der Waals surface area contributed by atoms with E-state index < -0.39 is 0 Å². The molecule has 0 amide bonds. The smallest absolute Gasteiger partial charge is 0.164 e. The van der Waals surface area contributed by atoms with E-state index in [0.29, 0.717) is 0 Å². The average Bonchev–Trinajstić information content (AvgIpc) is 3.19. The summed E-state index contributed by atoms with van der Waals surface area (Å²) in [7, 11) is 3.86. The number of anilines is 1. The summed E-state index contributed by atoms with van der Waals surface area (Å²) in [6.07, 6.45) is 5.47. The molecule has 0 unspecified atom stereocenters. The molecule has 0 aromatic carbocycles. The van der Waals surface area contributed by atoms with Crippen molar-refractivity contribution >= 4 is 32.8 Å². The number of fused-ring (bicyclic) bond motifs is 1. The van der Waals surface area contributed by atoms with E-state index in [2.05, 4.69) is 46.1 Å². The van der Waals surface area contributed by atoms with Crippen LogP contribution in [-0.4, -0.2) is 41.1 Å². The minimum Gasteiger partial charge on any atom is -0.346 e. The summed E-state index contributed by atoms with van der Waals surface area (Å²) in [5.41, 5.74) is 0.820. The van der Waals surface area contributed by atoms with Gasteiger partial charge in [0.2, 0.25) is 0 Å². The summed E-state index contributed by atoms with van der Waals surface area (Å²) >= 11 is 3.53. The van der Waals surface area contributed by atoms with Crippen molar-refractivity contribution < 1.29 is 0 Å². The van der Waals surface area contributed by atoms with Crippen LogP contribution in [0.5, 0.6) is 0 Å². The highest BCUT2D eigenvalue weighted by atomic mass is 79.9. The molecule has 1 saturated heterocycles. The van der Waals surface area contributed by atoms with Gasteiger partial charge in [0.1, 0.15) is 23.1 Å². The van der Waals surface area contributed by atoms with Crippen LogP contribution in [-0.2, 0) is 14.1 Å². The summed E-state index contributed by atoms with van der Waals surface area (Å²) in [6, 6.07) is 0.178. The van der Waals surface area contributed by atoms with Crippen LogP contribution in [0.1, 0.15) is 24.7 Å². The van der Waals surface area contributed by atoms with Gasteiger partial charge in [-0.05, 0) is 28.8 Å². The molecule has 0 N–H and O–H groups in total. The molecule has 4 heterocycles. The molecule has 1 fully saturated rings. The zero-order valence-corrected chi connectivity index (χ0v) is 13.9. The first-order chi connectivity index (χ1) is 10.7. The molecule has 1 aliphatic rings. The zero-order valence-electron chi connectivity index (χ0n) is 12.3. The van der Waals surface area contributed by atoms with Crippen molar-refractivity contribution in [1.82, 2.24) is 34.5 Å². The normalized spacial score (nSPS) is 18.5. The van der Waals surface area contributed by atoms with Gasteiger partial charge in [-0.2, -0.15) is 5.10 Å². The summed E-state index contributed by atoms with van der Waals surface area (Å²) in [5.74, 6) is 1.86.